The summed E-state index contributed by atoms with van der Waals surface area (Å²) in [5, 5.41) is 20.6. The van der Waals surface area contributed by atoms with Crippen LogP contribution in [0.5, 0.6) is 0 Å². The van der Waals surface area contributed by atoms with Crippen LogP contribution < -0.4 is 0 Å². The monoisotopic (exact) mass is 346 g/mol. The van der Waals surface area contributed by atoms with E-state index in [0.717, 1.165) is 75.4 Å². The molecular weight excluding hydrogens is 312 g/mol. The molecule has 0 aliphatic heterocycles. The molecule has 0 radical (unpaired) electrons. The molecule has 3 saturated carbocycles. The van der Waals surface area contributed by atoms with E-state index in [4.69, 9.17) is 0 Å². The van der Waals surface area contributed by atoms with Gasteiger partial charge in [0.25, 0.3) is 0 Å². The molecule has 3 rings (SSSR count). The van der Waals surface area contributed by atoms with Crippen molar-refractivity contribution < 1.29 is 15.0 Å². The summed E-state index contributed by atoms with van der Waals surface area (Å²) in [6.45, 7) is 6.28. The van der Waals surface area contributed by atoms with Crippen molar-refractivity contribution in [1.29, 1.82) is 0 Å². The van der Waals surface area contributed by atoms with E-state index in [0.29, 0.717) is 5.78 Å². The molecule has 0 spiro atoms. The van der Waals surface area contributed by atoms with Crippen molar-refractivity contribution in [3.05, 3.63) is 23.8 Å². The van der Waals surface area contributed by atoms with Gasteiger partial charge in [0.1, 0.15) is 5.78 Å². The molecule has 6 unspecified atom stereocenters. The molecule has 3 heteroatoms. The van der Waals surface area contributed by atoms with E-state index in [2.05, 4.69) is 12.7 Å². The van der Waals surface area contributed by atoms with Gasteiger partial charge in [-0.25, -0.2) is 0 Å². The molecule has 3 aliphatic rings. The van der Waals surface area contributed by atoms with Crippen molar-refractivity contribution in [3.8, 4) is 0 Å². The highest BCUT2D eigenvalue weighted by Gasteiger charge is 2.41. The topological polar surface area (TPSA) is 57.5 Å². The third-order valence-corrected chi connectivity index (χ3v) is 6.95. The van der Waals surface area contributed by atoms with E-state index < -0.39 is 0 Å². The Morgan fingerprint density at radius 2 is 1.60 bits per heavy atom. The minimum absolute atomic E-state index is 0.0309. The summed E-state index contributed by atoms with van der Waals surface area (Å²) in [6.07, 6.45) is 11.5. The normalized spacial score (nSPS) is 40.3. The number of aliphatic hydroxyl groups is 2. The van der Waals surface area contributed by atoms with Gasteiger partial charge < -0.3 is 10.2 Å². The van der Waals surface area contributed by atoms with Crippen molar-refractivity contribution >= 4 is 5.78 Å². The molecule has 0 aromatic rings. The largest absolute Gasteiger partial charge is 0.393 e. The number of hydrogen-bond donors (Lipinski definition) is 2. The number of carbonyl (C=O) groups is 1. The summed E-state index contributed by atoms with van der Waals surface area (Å²) < 4.78 is 0. The molecule has 0 aromatic carbocycles. The van der Waals surface area contributed by atoms with Gasteiger partial charge in [-0.3, -0.25) is 4.79 Å². The Kier molecular flexibility index (Phi) is 6.17. The van der Waals surface area contributed by atoms with E-state index in [9.17, 15) is 15.0 Å². The summed E-state index contributed by atoms with van der Waals surface area (Å²) in [4.78, 5) is 12.9. The summed E-state index contributed by atoms with van der Waals surface area (Å²) in [5.41, 5.74) is 2.09. The third-order valence-electron chi connectivity index (χ3n) is 6.95. The smallest absolute Gasteiger partial charge is 0.143 e. The molecule has 2 N–H and O–H groups in total. The van der Waals surface area contributed by atoms with Crippen molar-refractivity contribution in [2.75, 3.05) is 0 Å². The number of ketones is 1. The third kappa shape index (κ3) is 4.09. The lowest BCUT2D eigenvalue weighted by atomic mass is 9.76. The number of hydrogen-bond acceptors (Lipinski definition) is 3. The molecular formula is C22H34O3. The quantitative estimate of drug-likeness (QED) is 0.751. The Balaban J connectivity index is 1.64. The van der Waals surface area contributed by atoms with Crippen molar-refractivity contribution in [3.63, 3.8) is 0 Å². The molecule has 6 atom stereocenters. The Labute approximate surface area is 152 Å². The highest BCUT2D eigenvalue weighted by atomic mass is 16.3. The summed E-state index contributed by atoms with van der Waals surface area (Å²) >= 11 is 0. The fourth-order valence-corrected chi connectivity index (χ4v) is 5.34. The van der Waals surface area contributed by atoms with Crippen LogP contribution >= 0.6 is 0 Å². The van der Waals surface area contributed by atoms with Gasteiger partial charge in [-0.2, -0.15) is 0 Å². The average molecular weight is 347 g/mol. The first kappa shape index (κ1) is 18.8. The highest BCUT2D eigenvalue weighted by Crippen LogP contribution is 2.41. The maximum absolute atomic E-state index is 12.9. The molecule has 0 saturated heterocycles. The fraction of sp³-hybridized carbons (Fsp3) is 0.773. The van der Waals surface area contributed by atoms with E-state index in [1.807, 2.05) is 6.92 Å². The van der Waals surface area contributed by atoms with Crippen LogP contribution in [-0.4, -0.2) is 28.2 Å². The van der Waals surface area contributed by atoms with Crippen LogP contribution in [0.25, 0.3) is 0 Å². The first-order valence-corrected chi connectivity index (χ1v) is 10.3. The number of aliphatic hydroxyl groups excluding tert-OH is 2. The van der Waals surface area contributed by atoms with E-state index >= 15 is 0 Å². The molecule has 140 valence electrons. The van der Waals surface area contributed by atoms with Gasteiger partial charge in [0, 0.05) is 17.8 Å². The first-order valence-electron chi connectivity index (χ1n) is 10.3. The predicted octanol–water partition coefficient (Wildman–Crippen LogP) is 4.19. The van der Waals surface area contributed by atoms with Crippen LogP contribution in [0.4, 0.5) is 0 Å². The van der Waals surface area contributed by atoms with E-state index in [1.54, 1.807) is 0 Å². The second-order valence-corrected chi connectivity index (χ2v) is 8.54. The lowest BCUT2D eigenvalue weighted by molar-refractivity contribution is -0.126. The van der Waals surface area contributed by atoms with Gasteiger partial charge in [0.05, 0.1) is 12.2 Å². The Morgan fingerprint density at radius 3 is 2.28 bits per heavy atom. The molecule has 0 bridgehead atoms. The SMILES string of the molecule is C=C(/C(C)=C\C1CCC(C2CCCCC2O)C1=O)C1CCCCC1O. The zero-order valence-electron chi connectivity index (χ0n) is 15.6. The van der Waals surface area contributed by atoms with Gasteiger partial charge in [-0.15, -0.1) is 0 Å². The highest BCUT2D eigenvalue weighted by molar-refractivity contribution is 5.87. The minimum Gasteiger partial charge on any atom is -0.393 e. The number of allylic oxidation sites excluding steroid dienone is 2. The zero-order valence-corrected chi connectivity index (χ0v) is 15.6. The summed E-state index contributed by atoms with van der Waals surface area (Å²) in [6, 6.07) is 0. The van der Waals surface area contributed by atoms with Crippen LogP contribution in [-0.2, 0) is 4.79 Å². The molecule has 0 aromatic heterocycles. The first-order chi connectivity index (χ1) is 12.0. The zero-order chi connectivity index (χ0) is 18.0. The molecule has 3 aliphatic carbocycles. The number of Topliss-reactive ketones (excluding diaryl/α,β-unsaturated/α-hetero) is 1. The summed E-state index contributed by atoms with van der Waals surface area (Å²) in [7, 11) is 0. The van der Waals surface area contributed by atoms with Gasteiger partial charge in [-0.05, 0) is 56.9 Å². The molecule has 3 fully saturated rings. The van der Waals surface area contributed by atoms with Gasteiger partial charge in [-0.1, -0.05) is 43.9 Å². The van der Waals surface area contributed by atoms with Crippen LogP contribution in [0.1, 0.15) is 71.1 Å². The summed E-state index contributed by atoms with van der Waals surface area (Å²) in [5.74, 6) is 0.651. The minimum atomic E-state index is -0.293. The van der Waals surface area contributed by atoms with Crippen LogP contribution in [0.3, 0.4) is 0 Å². The second kappa shape index (κ2) is 8.18. The standard InChI is InChI=1S/C22H34O3/c1-14(15(2)17-7-3-5-9-20(17)23)13-16-11-12-19(22(16)25)18-8-4-6-10-21(18)24/h13,16-21,23-24H,2-12H2,1H3/b14-13-. The van der Waals surface area contributed by atoms with E-state index in [1.165, 1.54) is 0 Å². The molecule has 0 amide bonds. The Hall–Kier alpha value is -0.930. The van der Waals surface area contributed by atoms with Crippen molar-refractivity contribution in [1.82, 2.24) is 0 Å². The lowest BCUT2D eigenvalue weighted by Crippen LogP contribution is -2.33. The fourth-order valence-electron chi connectivity index (χ4n) is 5.34. The lowest BCUT2D eigenvalue weighted by Gasteiger charge is -2.31. The van der Waals surface area contributed by atoms with Crippen LogP contribution in [0, 0.1) is 23.7 Å². The second-order valence-electron chi connectivity index (χ2n) is 8.54. The average Bonchev–Trinajstić information content (AvgIpc) is 2.96. The maximum atomic E-state index is 12.9. The van der Waals surface area contributed by atoms with Crippen LogP contribution in [0.15, 0.2) is 23.8 Å². The van der Waals surface area contributed by atoms with E-state index in [-0.39, 0.29) is 35.9 Å². The van der Waals surface area contributed by atoms with Gasteiger partial charge in [0.15, 0.2) is 0 Å². The Morgan fingerprint density at radius 1 is 0.960 bits per heavy atom. The molecule has 3 nitrogen and oxygen atoms in total. The van der Waals surface area contributed by atoms with Gasteiger partial charge >= 0.3 is 0 Å². The van der Waals surface area contributed by atoms with Crippen LogP contribution in [0.2, 0.25) is 0 Å². The predicted molar refractivity (Wildman–Crippen MR) is 100 cm³/mol. The van der Waals surface area contributed by atoms with Crippen molar-refractivity contribution in [2.45, 2.75) is 83.3 Å². The van der Waals surface area contributed by atoms with Crippen molar-refractivity contribution in [2.24, 2.45) is 23.7 Å². The number of carbonyl (C=O) groups excluding carboxylic acids is 1. The molecule has 25 heavy (non-hydrogen) atoms. The maximum Gasteiger partial charge on any atom is 0.143 e. The molecule has 0 heterocycles. The van der Waals surface area contributed by atoms with Gasteiger partial charge in [0.2, 0.25) is 0 Å². The number of rotatable bonds is 4. The Bertz CT molecular complexity index is 535.